The van der Waals surface area contributed by atoms with Crippen LogP contribution in [0.25, 0.3) is 0 Å². The molecule has 0 saturated carbocycles. The number of nitrogens with one attached hydrogen (secondary N) is 2. The van der Waals surface area contributed by atoms with Crippen LogP contribution in [-0.2, 0) is 19.6 Å². The van der Waals surface area contributed by atoms with Crippen molar-refractivity contribution in [2.45, 2.75) is 31.6 Å². The summed E-state index contributed by atoms with van der Waals surface area (Å²) >= 11 is 0. The average molecular weight is 275 g/mol. The smallest absolute Gasteiger partial charge is 0.325 e. The molecule has 0 aliphatic carbocycles. The molecular formula is C10H17N3O4S. The van der Waals surface area contributed by atoms with Crippen LogP contribution in [0.5, 0.6) is 0 Å². The monoisotopic (exact) mass is 275 g/mol. The zero-order chi connectivity index (χ0) is 13.8. The van der Waals surface area contributed by atoms with Gasteiger partial charge in [0.25, 0.3) is 0 Å². The number of carbonyl (C=O) groups is 1. The molecule has 1 rings (SSSR count). The largest absolute Gasteiger partial charge is 0.468 e. The predicted octanol–water partition coefficient (Wildman–Crippen LogP) is 0.342. The Morgan fingerprint density at radius 2 is 2.28 bits per heavy atom. The van der Waals surface area contributed by atoms with E-state index in [0.29, 0.717) is 12.2 Å². The maximum atomic E-state index is 11.9. The lowest BCUT2D eigenvalue weighted by Crippen LogP contribution is -2.40. The van der Waals surface area contributed by atoms with Crippen LogP contribution >= 0.6 is 0 Å². The standard InChI is InChI=1S/C10H17N3O4S/c1-4-8(9-11-5-6-12-9)13-18(15,16)7(2)10(14)17-3/h5-8,13H,4H2,1-3H3,(H,11,12). The minimum Gasteiger partial charge on any atom is -0.468 e. The SMILES string of the molecule is CCC(NS(=O)(=O)C(C)C(=O)OC)c1ncc[nH]1. The van der Waals surface area contributed by atoms with Crippen molar-refractivity contribution in [2.24, 2.45) is 0 Å². The van der Waals surface area contributed by atoms with Gasteiger partial charge in [0.15, 0.2) is 5.25 Å². The number of H-pyrrole nitrogens is 1. The Kier molecular flexibility index (Phi) is 4.85. The van der Waals surface area contributed by atoms with E-state index in [4.69, 9.17) is 0 Å². The maximum absolute atomic E-state index is 11.9. The Balaban J connectivity index is 2.84. The molecule has 1 heterocycles. The Bertz CT molecular complexity index is 483. The number of nitrogens with zero attached hydrogens (tertiary/aromatic N) is 1. The van der Waals surface area contributed by atoms with Crippen LogP contribution in [0.4, 0.5) is 0 Å². The Morgan fingerprint density at radius 1 is 1.61 bits per heavy atom. The van der Waals surface area contributed by atoms with Crippen molar-refractivity contribution < 1.29 is 17.9 Å². The van der Waals surface area contributed by atoms with Gasteiger partial charge in [-0.05, 0) is 13.3 Å². The van der Waals surface area contributed by atoms with Gasteiger partial charge in [0.2, 0.25) is 10.0 Å². The highest BCUT2D eigenvalue weighted by Gasteiger charge is 2.31. The number of aromatic amines is 1. The summed E-state index contributed by atoms with van der Waals surface area (Å²) in [4.78, 5) is 18.1. The number of rotatable bonds is 6. The number of hydrogen-bond acceptors (Lipinski definition) is 5. The molecule has 1 aromatic heterocycles. The average Bonchev–Trinajstić information content (AvgIpc) is 2.87. The van der Waals surface area contributed by atoms with E-state index in [0.717, 1.165) is 7.11 Å². The van der Waals surface area contributed by atoms with Gasteiger partial charge < -0.3 is 9.72 Å². The van der Waals surface area contributed by atoms with Crippen LogP contribution in [0, 0.1) is 0 Å². The Morgan fingerprint density at radius 3 is 2.72 bits per heavy atom. The number of hydrogen-bond donors (Lipinski definition) is 2. The van der Waals surface area contributed by atoms with E-state index < -0.39 is 27.3 Å². The van der Waals surface area contributed by atoms with Crippen molar-refractivity contribution in [3.05, 3.63) is 18.2 Å². The number of aromatic nitrogens is 2. The number of imidazole rings is 1. The van der Waals surface area contributed by atoms with Gasteiger partial charge in [0.05, 0.1) is 13.2 Å². The topological polar surface area (TPSA) is 101 Å². The first-order valence-corrected chi connectivity index (χ1v) is 7.05. The molecule has 0 spiro atoms. The van der Waals surface area contributed by atoms with Crippen molar-refractivity contribution in [1.82, 2.24) is 14.7 Å². The van der Waals surface area contributed by atoms with Gasteiger partial charge in [0, 0.05) is 12.4 Å². The van der Waals surface area contributed by atoms with Crippen LogP contribution in [-0.4, -0.2) is 36.7 Å². The normalized spacial score (nSPS) is 15.1. The van der Waals surface area contributed by atoms with Crippen molar-refractivity contribution in [2.75, 3.05) is 7.11 Å². The third-order valence-corrected chi connectivity index (χ3v) is 4.30. The van der Waals surface area contributed by atoms with E-state index in [-0.39, 0.29) is 0 Å². The molecular weight excluding hydrogens is 258 g/mol. The van der Waals surface area contributed by atoms with Crippen LogP contribution in [0.1, 0.15) is 32.1 Å². The van der Waals surface area contributed by atoms with Crippen LogP contribution in [0.3, 0.4) is 0 Å². The van der Waals surface area contributed by atoms with Crippen LogP contribution in [0.15, 0.2) is 12.4 Å². The van der Waals surface area contributed by atoms with E-state index in [9.17, 15) is 13.2 Å². The second kappa shape index (κ2) is 5.96. The predicted molar refractivity (Wildman–Crippen MR) is 65.2 cm³/mol. The fourth-order valence-electron chi connectivity index (χ4n) is 1.39. The minimum absolute atomic E-state index is 0.489. The highest BCUT2D eigenvalue weighted by molar-refractivity contribution is 7.90. The fraction of sp³-hybridized carbons (Fsp3) is 0.600. The second-order valence-corrected chi connectivity index (χ2v) is 5.80. The van der Waals surface area contributed by atoms with Gasteiger partial charge in [0.1, 0.15) is 5.82 Å². The van der Waals surface area contributed by atoms with Crippen molar-refractivity contribution in [3.63, 3.8) is 0 Å². The van der Waals surface area contributed by atoms with Crippen molar-refractivity contribution >= 4 is 16.0 Å². The third kappa shape index (κ3) is 3.30. The Hall–Kier alpha value is -1.41. The molecule has 1 aromatic rings. The van der Waals surface area contributed by atoms with E-state index in [1.165, 1.54) is 13.1 Å². The lowest BCUT2D eigenvalue weighted by Gasteiger charge is -2.17. The number of carbonyl (C=O) groups excluding carboxylic acids is 1. The van der Waals surface area contributed by atoms with Crippen LogP contribution in [0.2, 0.25) is 0 Å². The number of esters is 1. The molecule has 0 radical (unpaired) electrons. The van der Waals surface area contributed by atoms with Gasteiger partial charge in [-0.2, -0.15) is 0 Å². The van der Waals surface area contributed by atoms with Crippen molar-refractivity contribution in [1.29, 1.82) is 0 Å². The van der Waals surface area contributed by atoms with Crippen molar-refractivity contribution in [3.8, 4) is 0 Å². The summed E-state index contributed by atoms with van der Waals surface area (Å²) in [6.45, 7) is 3.10. The van der Waals surface area contributed by atoms with E-state index in [2.05, 4.69) is 19.4 Å². The molecule has 2 N–H and O–H groups in total. The summed E-state index contributed by atoms with van der Waals surface area (Å²) in [5, 5.41) is -1.26. The third-order valence-electron chi connectivity index (χ3n) is 2.56. The van der Waals surface area contributed by atoms with E-state index >= 15 is 0 Å². The zero-order valence-corrected chi connectivity index (χ0v) is 11.3. The summed E-state index contributed by atoms with van der Waals surface area (Å²) in [6, 6.07) is -0.489. The first-order valence-electron chi connectivity index (χ1n) is 5.50. The van der Waals surface area contributed by atoms with Crippen LogP contribution < -0.4 is 4.72 Å². The summed E-state index contributed by atoms with van der Waals surface area (Å²) in [5.41, 5.74) is 0. The minimum atomic E-state index is -3.79. The Labute approximate surface area is 106 Å². The molecule has 8 heteroatoms. The summed E-state index contributed by atoms with van der Waals surface area (Å²) in [7, 11) is -2.64. The molecule has 7 nitrogen and oxygen atoms in total. The first-order chi connectivity index (χ1) is 8.42. The lowest BCUT2D eigenvalue weighted by molar-refractivity contribution is -0.139. The molecule has 18 heavy (non-hydrogen) atoms. The molecule has 0 bridgehead atoms. The highest BCUT2D eigenvalue weighted by atomic mass is 32.2. The van der Waals surface area contributed by atoms with E-state index in [1.54, 1.807) is 6.20 Å². The molecule has 0 aliphatic heterocycles. The van der Waals surface area contributed by atoms with Gasteiger partial charge >= 0.3 is 5.97 Å². The quantitative estimate of drug-likeness (QED) is 0.729. The van der Waals surface area contributed by atoms with Gasteiger partial charge in [-0.3, -0.25) is 4.79 Å². The van der Waals surface area contributed by atoms with Gasteiger partial charge in [-0.15, -0.1) is 0 Å². The first kappa shape index (κ1) is 14.7. The lowest BCUT2D eigenvalue weighted by atomic mass is 10.2. The molecule has 0 saturated heterocycles. The summed E-state index contributed by atoms with van der Waals surface area (Å²) < 4.78 is 30.7. The molecule has 0 fully saturated rings. The van der Waals surface area contributed by atoms with Gasteiger partial charge in [-0.25, -0.2) is 18.1 Å². The maximum Gasteiger partial charge on any atom is 0.325 e. The molecule has 0 aliphatic rings. The fourth-order valence-corrected chi connectivity index (χ4v) is 2.62. The van der Waals surface area contributed by atoms with E-state index in [1.807, 2.05) is 6.92 Å². The van der Waals surface area contributed by atoms with Gasteiger partial charge in [-0.1, -0.05) is 6.92 Å². The second-order valence-electron chi connectivity index (χ2n) is 3.76. The molecule has 2 unspecified atom stereocenters. The molecule has 102 valence electrons. The zero-order valence-electron chi connectivity index (χ0n) is 10.5. The summed E-state index contributed by atoms with van der Waals surface area (Å²) in [5.74, 6) is -0.282. The molecule has 0 aromatic carbocycles. The molecule has 0 amide bonds. The highest BCUT2D eigenvalue weighted by Crippen LogP contribution is 2.14. The number of ether oxygens (including phenoxy) is 1. The number of sulfonamides is 1. The number of methoxy groups -OCH3 is 1. The molecule has 2 atom stereocenters. The summed E-state index contributed by atoms with van der Waals surface area (Å²) in [6.07, 6.45) is 3.66.